The molecule has 0 radical (unpaired) electrons. The molecular weight excluding hydrogens is 330 g/mol. The van der Waals surface area contributed by atoms with Gasteiger partial charge in [0.2, 0.25) is 0 Å². The van der Waals surface area contributed by atoms with E-state index in [-0.39, 0.29) is 0 Å². The number of aromatic nitrogens is 1. The second-order valence-corrected chi connectivity index (χ2v) is 7.26. The maximum absolute atomic E-state index is 4.45. The predicted octanol–water partition coefficient (Wildman–Crippen LogP) is 2.72. The molecule has 0 fully saturated rings. The van der Waals surface area contributed by atoms with E-state index in [9.17, 15) is 0 Å². The quantitative estimate of drug-likeness (QED) is 0.562. The van der Waals surface area contributed by atoms with Crippen LogP contribution in [-0.4, -0.2) is 45.2 Å². The van der Waals surface area contributed by atoms with Crippen molar-refractivity contribution in [3.8, 4) is 0 Å². The van der Waals surface area contributed by atoms with Crippen LogP contribution in [0.5, 0.6) is 0 Å². The normalized spacial score (nSPS) is 11.4. The van der Waals surface area contributed by atoms with Gasteiger partial charge in [-0.15, -0.1) is 11.3 Å². The molecule has 2 aromatic rings. The summed E-state index contributed by atoms with van der Waals surface area (Å²) in [5.41, 5.74) is 2.55. The van der Waals surface area contributed by atoms with Gasteiger partial charge in [-0.05, 0) is 30.5 Å². The van der Waals surface area contributed by atoms with Gasteiger partial charge >= 0.3 is 0 Å². The highest BCUT2D eigenvalue weighted by atomic mass is 32.1. The number of hydrogen-bond donors (Lipinski definition) is 2. The van der Waals surface area contributed by atoms with Gasteiger partial charge in [-0.25, -0.2) is 4.98 Å². The number of aliphatic imine (C=N–C) groups is 1. The third-order valence-electron chi connectivity index (χ3n) is 3.96. The van der Waals surface area contributed by atoms with Gasteiger partial charge in [-0.1, -0.05) is 19.1 Å². The lowest BCUT2D eigenvalue weighted by Crippen LogP contribution is -2.39. The molecule has 2 rings (SSSR count). The molecule has 0 saturated heterocycles. The standard InChI is InChI=1S/C19H29N5S/c1-5-17-14-23-18(25-17)11-13-22-19(20-2)21-12-10-15-6-8-16(9-7-15)24(3)4/h6-9,14H,5,10-13H2,1-4H3,(H2,20,21,22). The van der Waals surface area contributed by atoms with Gasteiger partial charge in [0.1, 0.15) is 0 Å². The van der Waals surface area contributed by atoms with Crippen molar-refractivity contribution in [2.24, 2.45) is 4.99 Å². The van der Waals surface area contributed by atoms with Gasteiger partial charge in [0.15, 0.2) is 5.96 Å². The molecule has 0 bridgehead atoms. The van der Waals surface area contributed by atoms with E-state index in [1.807, 2.05) is 6.20 Å². The van der Waals surface area contributed by atoms with Crippen LogP contribution in [0.4, 0.5) is 5.69 Å². The molecule has 0 saturated carbocycles. The minimum absolute atomic E-state index is 0.841. The lowest BCUT2D eigenvalue weighted by Gasteiger charge is -2.13. The van der Waals surface area contributed by atoms with E-state index >= 15 is 0 Å². The van der Waals surface area contributed by atoms with Gasteiger partial charge < -0.3 is 15.5 Å². The number of rotatable bonds is 8. The van der Waals surface area contributed by atoms with Crippen LogP contribution in [0, 0.1) is 0 Å². The van der Waals surface area contributed by atoms with Crippen molar-refractivity contribution in [3.63, 3.8) is 0 Å². The number of benzene rings is 1. The van der Waals surface area contributed by atoms with Crippen molar-refractivity contribution in [3.05, 3.63) is 45.9 Å². The average Bonchev–Trinajstić information content (AvgIpc) is 3.09. The minimum atomic E-state index is 0.841. The molecule has 6 heteroatoms. The lowest BCUT2D eigenvalue weighted by molar-refractivity contribution is 0.782. The summed E-state index contributed by atoms with van der Waals surface area (Å²) in [6, 6.07) is 8.67. The Hall–Kier alpha value is -2.08. The highest BCUT2D eigenvalue weighted by molar-refractivity contribution is 7.11. The van der Waals surface area contributed by atoms with Crippen LogP contribution >= 0.6 is 11.3 Å². The predicted molar refractivity (Wildman–Crippen MR) is 109 cm³/mol. The Balaban J connectivity index is 1.69. The van der Waals surface area contributed by atoms with Gasteiger partial charge in [-0.3, -0.25) is 4.99 Å². The number of aryl methyl sites for hydroxylation is 1. The zero-order valence-corrected chi connectivity index (χ0v) is 16.5. The van der Waals surface area contributed by atoms with E-state index in [4.69, 9.17) is 0 Å². The van der Waals surface area contributed by atoms with E-state index < -0.39 is 0 Å². The van der Waals surface area contributed by atoms with Gasteiger partial charge in [0.05, 0.1) is 5.01 Å². The smallest absolute Gasteiger partial charge is 0.191 e. The molecule has 1 aromatic heterocycles. The van der Waals surface area contributed by atoms with Crippen molar-refractivity contribution in [2.75, 3.05) is 39.1 Å². The number of guanidine groups is 1. The summed E-state index contributed by atoms with van der Waals surface area (Å²) >= 11 is 1.80. The lowest BCUT2D eigenvalue weighted by atomic mass is 10.1. The van der Waals surface area contributed by atoms with Crippen LogP contribution < -0.4 is 15.5 Å². The first kappa shape index (κ1) is 19.2. The maximum atomic E-state index is 4.45. The summed E-state index contributed by atoms with van der Waals surface area (Å²) < 4.78 is 0. The molecule has 1 heterocycles. The molecule has 0 spiro atoms. The first-order valence-corrected chi connectivity index (χ1v) is 9.58. The minimum Gasteiger partial charge on any atom is -0.378 e. The van der Waals surface area contributed by atoms with Crippen LogP contribution in [0.15, 0.2) is 35.5 Å². The molecule has 0 unspecified atom stereocenters. The first-order chi connectivity index (χ1) is 12.1. The summed E-state index contributed by atoms with van der Waals surface area (Å²) in [7, 11) is 5.92. The summed E-state index contributed by atoms with van der Waals surface area (Å²) in [4.78, 5) is 12.2. The Morgan fingerprint density at radius 1 is 1.12 bits per heavy atom. The summed E-state index contributed by atoms with van der Waals surface area (Å²) in [6.45, 7) is 3.86. The zero-order chi connectivity index (χ0) is 18.1. The van der Waals surface area contributed by atoms with Crippen molar-refractivity contribution in [2.45, 2.75) is 26.2 Å². The number of hydrogen-bond acceptors (Lipinski definition) is 4. The van der Waals surface area contributed by atoms with Crippen molar-refractivity contribution in [1.82, 2.24) is 15.6 Å². The van der Waals surface area contributed by atoms with Crippen LogP contribution in [0.25, 0.3) is 0 Å². The van der Waals surface area contributed by atoms with Crippen LogP contribution in [0.1, 0.15) is 22.4 Å². The maximum Gasteiger partial charge on any atom is 0.191 e. The van der Waals surface area contributed by atoms with Gasteiger partial charge in [-0.2, -0.15) is 0 Å². The zero-order valence-electron chi connectivity index (χ0n) is 15.7. The summed E-state index contributed by atoms with van der Waals surface area (Å²) in [5.74, 6) is 0.845. The van der Waals surface area contributed by atoms with Crippen molar-refractivity contribution < 1.29 is 0 Å². The number of nitrogens with zero attached hydrogens (tertiary/aromatic N) is 3. The Bertz CT molecular complexity index is 661. The van der Waals surface area contributed by atoms with E-state index in [0.717, 1.165) is 38.3 Å². The van der Waals surface area contributed by atoms with E-state index in [1.54, 1.807) is 18.4 Å². The molecule has 25 heavy (non-hydrogen) atoms. The monoisotopic (exact) mass is 359 g/mol. The molecule has 136 valence electrons. The van der Waals surface area contributed by atoms with Gasteiger partial charge in [0, 0.05) is 57.4 Å². The number of nitrogens with one attached hydrogen (secondary N) is 2. The fourth-order valence-electron chi connectivity index (χ4n) is 2.42. The molecule has 0 atom stereocenters. The molecule has 1 aromatic carbocycles. The Morgan fingerprint density at radius 2 is 1.80 bits per heavy atom. The topological polar surface area (TPSA) is 52.6 Å². The van der Waals surface area contributed by atoms with E-state index in [1.165, 1.54) is 21.1 Å². The molecule has 0 aliphatic rings. The highest BCUT2D eigenvalue weighted by Crippen LogP contribution is 2.13. The number of thiazole rings is 1. The SMILES string of the molecule is CCc1cnc(CCNC(=NC)NCCc2ccc(N(C)C)cc2)s1. The Labute approximate surface area is 155 Å². The van der Waals surface area contributed by atoms with Crippen molar-refractivity contribution in [1.29, 1.82) is 0 Å². The van der Waals surface area contributed by atoms with Gasteiger partial charge in [0.25, 0.3) is 0 Å². The summed E-state index contributed by atoms with van der Waals surface area (Å²) in [6.07, 6.45) is 4.94. The highest BCUT2D eigenvalue weighted by Gasteiger charge is 2.02. The second kappa shape index (κ2) is 10.0. The third kappa shape index (κ3) is 6.38. The fourth-order valence-corrected chi connectivity index (χ4v) is 3.28. The molecular formula is C19H29N5S. The molecule has 2 N–H and O–H groups in total. The fraction of sp³-hybridized carbons (Fsp3) is 0.474. The molecule has 0 aliphatic heterocycles. The first-order valence-electron chi connectivity index (χ1n) is 8.76. The molecule has 0 amide bonds. The Morgan fingerprint density at radius 3 is 2.36 bits per heavy atom. The van der Waals surface area contributed by atoms with Crippen LogP contribution in [-0.2, 0) is 19.3 Å². The number of anilines is 1. The average molecular weight is 360 g/mol. The molecule has 0 aliphatic carbocycles. The van der Waals surface area contributed by atoms with Crippen molar-refractivity contribution >= 4 is 23.0 Å². The van der Waals surface area contributed by atoms with E-state index in [0.29, 0.717) is 0 Å². The molecule has 5 nitrogen and oxygen atoms in total. The Kier molecular flexibility index (Phi) is 7.73. The van der Waals surface area contributed by atoms with Crippen LogP contribution in [0.3, 0.4) is 0 Å². The largest absolute Gasteiger partial charge is 0.378 e. The third-order valence-corrected chi connectivity index (χ3v) is 5.17. The van der Waals surface area contributed by atoms with Crippen LogP contribution in [0.2, 0.25) is 0 Å². The van der Waals surface area contributed by atoms with E-state index in [2.05, 4.69) is 70.8 Å². The summed E-state index contributed by atoms with van der Waals surface area (Å²) in [5, 5.41) is 7.91. The second-order valence-electron chi connectivity index (χ2n) is 6.06.